The fourth-order valence-electron chi connectivity index (χ4n) is 3.44. The summed E-state index contributed by atoms with van der Waals surface area (Å²) in [4.78, 5) is 29.4. The number of benzene rings is 1. The fraction of sp³-hybridized carbons (Fsp3) is 0.500. The maximum atomic E-state index is 12.8. The molecule has 1 N–H and O–H groups in total. The molecule has 2 amide bonds. The Kier molecular flexibility index (Phi) is 3.68. The van der Waals surface area contributed by atoms with Crippen LogP contribution in [0.15, 0.2) is 30.3 Å². The van der Waals surface area contributed by atoms with E-state index < -0.39 is 5.54 Å². The number of carbonyl (C=O) groups excluding carboxylic acids is 2. The third-order valence-corrected chi connectivity index (χ3v) is 4.64. The summed E-state index contributed by atoms with van der Waals surface area (Å²) in [6, 6.07) is 9.85. The van der Waals surface area contributed by atoms with Crippen LogP contribution in [0.4, 0.5) is 0 Å². The summed E-state index contributed by atoms with van der Waals surface area (Å²) < 4.78 is 0. The zero-order valence-electron chi connectivity index (χ0n) is 12.1. The molecule has 0 spiro atoms. The Morgan fingerprint density at radius 3 is 2.76 bits per heavy atom. The molecule has 1 aromatic rings. The number of hydroxylamine groups is 2. The van der Waals surface area contributed by atoms with Gasteiger partial charge in [-0.15, -0.1) is 0 Å². The van der Waals surface area contributed by atoms with Crippen LogP contribution in [0.5, 0.6) is 0 Å². The molecule has 1 aliphatic heterocycles. The van der Waals surface area contributed by atoms with Gasteiger partial charge in [0.15, 0.2) is 0 Å². The number of amides is 2. The number of carbonyl (C=O) groups is 2. The highest BCUT2D eigenvalue weighted by molar-refractivity contribution is 5.93. The van der Waals surface area contributed by atoms with Crippen molar-refractivity contribution in [2.45, 2.75) is 31.2 Å². The average Bonchev–Trinajstić information content (AvgIpc) is 3.14. The van der Waals surface area contributed by atoms with Crippen molar-refractivity contribution in [3.05, 3.63) is 35.9 Å². The van der Waals surface area contributed by atoms with Crippen molar-refractivity contribution in [2.24, 2.45) is 5.92 Å². The maximum absolute atomic E-state index is 12.8. The second-order valence-electron chi connectivity index (χ2n) is 5.76. The lowest BCUT2D eigenvalue weighted by atomic mass is 10.1. The lowest BCUT2D eigenvalue weighted by Crippen LogP contribution is -2.51. The van der Waals surface area contributed by atoms with Gasteiger partial charge in [-0.1, -0.05) is 37.3 Å². The van der Waals surface area contributed by atoms with Crippen molar-refractivity contribution in [3.8, 4) is 0 Å². The Morgan fingerprint density at radius 1 is 1.38 bits per heavy atom. The lowest BCUT2D eigenvalue weighted by Gasteiger charge is -2.30. The minimum Gasteiger partial charge on any atom is -0.343 e. The summed E-state index contributed by atoms with van der Waals surface area (Å²) in [6.45, 7) is 3.15. The molecule has 1 saturated carbocycles. The number of nitrogens with zero attached hydrogens (tertiary/aromatic N) is 1. The van der Waals surface area contributed by atoms with Gasteiger partial charge < -0.3 is 5.32 Å². The summed E-state index contributed by atoms with van der Waals surface area (Å²) >= 11 is 0. The van der Waals surface area contributed by atoms with Gasteiger partial charge >= 0.3 is 0 Å². The Bertz CT molecular complexity index is 528. The van der Waals surface area contributed by atoms with Gasteiger partial charge in [0.2, 0.25) is 6.41 Å². The van der Waals surface area contributed by atoms with Gasteiger partial charge in [0.05, 0.1) is 6.61 Å². The summed E-state index contributed by atoms with van der Waals surface area (Å²) in [6.07, 6.45) is 2.53. The minimum absolute atomic E-state index is 0.00178. The summed E-state index contributed by atoms with van der Waals surface area (Å²) in [5.74, 6) is -0.0688. The predicted molar refractivity (Wildman–Crippen MR) is 77.2 cm³/mol. The molecule has 112 valence electrons. The Balaban J connectivity index is 1.87. The molecule has 0 radical (unpaired) electrons. The van der Waals surface area contributed by atoms with E-state index in [0.717, 1.165) is 18.4 Å². The summed E-state index contributed by atoms with van der Waals surface area (Å²) in [7, 11) is 0. The van der Waals surface area contributed by atoms with E-state index >= 15 is 0 Å². The number of nitrogens with one attached hydrogen (secondary N) is 1. The molecule has 21 heavy (non-hydrogen) atoms. The molecule has 5 nitrogen and oxygen atoms in total. The highest BCUT2D eigenvalue weighted by atomic mass is 16.7. The highest BCUT2D eigenvalue weighted by Crippen LogP contribution is 2.58. The van der Waals surface area contributed by atoms with Crippen LogP contribution >= 0.6 is 0 Å². The van der Waals surface area contributed by atoms with Gasteiger partial charge in [0.1, 0.15) is 5.54 Å². The van der Waals surface area contributed by atoms with Crippen molar-refractivity contribution in [3.63, 3.8) is 0 Å². The molecule has 1 aliphatic carbocycles. The zero-order chi connectivity index (χ0) is 14.9. The third-order valence-electron chi connectivity index (χ3n) is 4.64. The monoisotopic (exact) mass is 288 g/mol. The Morgan fingerprint density at radius 2 is 2.14 bits per heavy atom. The second-order valence-corrected chi connectivity index (χ2v) is 5.76. The number of rotatable bonds is 4. The van der Waals surface area contributed by atoms with Crippen molar-refractivity contribution in [1.82, 2.24) is 10.4 Å². The van der Waals surface area contributed by atoms with E-state index in [9.17, 15) is 9.59 Å². The van der Waals surface area contributed by atoms with Crippen LogP contribution in [0.2, 0.25) is 0 Å². The normalized spacial score (nSPS) is 31.6. The SMILES string of the molecule is CC1C(c2ccccc2)C1(NC=O)C(=O)N1CCCCO1. The zero-order valence-corrected chi connectivity index (χ0v) is 12.1. The largest absolute Gasteiger partial charge is 0.343 e. The molecule has 2 aliphatic rings. The molecule has 2 fully saturated rings. The summed E-state index contributed by atoms with van der Waals surface area (Å²) in [5, 5.41) is 4.21. The molecule has 0 aromatic heterocycles. The van der Waals surface area contributed by atoms with Crippen LogP contribution < -0.4 is 5.32 Å². The first-order valence-corrected chi connectivity index (χ1v) is 7.43. The van der Waals surface area contributed by atoms with Gasteiger partial charge in [-0.25, -0.2) is 5.06 Å². The van der Waals surface area contributed by atoms with Gasteiger partial charge in [-0.2, -0.15) is 0 Å². The molecule has 3 unspecified atom stereocenters. The van der Waals surface area contributed by atoms with Gasteiger partial charge in [-0.05, 0) is 24.3 Å². The Hall–Kier alpha value is -1.88. The first kappa shape index (κ1) is 14.1. The second kappa shape index (κ2) is 5.48. The minimum atomic E-state index is -0.861. The predicted octanol–water partition coefficient (Wildman–Crippen LogP) is 1.46. The molecule has 1 aromatic carbocycles. The van der Waals surface area contributed by atoms with Crippen LogP contribution in [0.1, 0.15) is 31.2 Å². The molecule has 0 bridgehead atoms. The average molecular weight is 288 g/mol. The smallest absolute Gasteiger partial charge is 0.272 e. The topological polar surface area (TPSA) is 58.6 Å². The van der Waals surface area contributed by atoms with Crippen molar-refractivity contribution in [2.75, 3.05) is 13.2 Å². The van der Waals surface area contributed by atoms with Crippen molar-refractivity contribution >= 4 is 12.3 Å². The van der Waals surface area contributed by atoms with Gasteiger partial charge in [-0.3, -0.25) is 14.4 Å². The van der Waals surface area contributed by atoms with E-state index in [1.807, 2.05) is 37.3 Å². The lowest BCUT2D eigenvalue weighted by molar-refractivity contribution is -0.200. The van der Waals surface area contributed by atoms with E-state index in [0.29, 0.717) is 19.6 Å². The first-order valence-electron chi connectivity index (χ1n) is 7.43. The van der Waals surface area contributed by atoms with Crippen LogP contribution in [0.3, 0.4) is 0 Å². The molecule has 5 heteroatoms. The molecular weight excluding hydrogens is 268 g/mol. The molecule has 3 atom stereocenters. The van der Waals surface area contributed by atoms with E-state index in [2.05, 4.69) is 5.32 Å². The van der Waals surface area contributed by atoms with Gasteiger partial charge in [0, 0.05) is 12.5 Å². The highest BCUT2D eigenvalue weighted by Gasteiger charge is 2.69. The van der Waals surface area contributed by atoms with E-state index in [1.54, 1.807) is 0 Å². The van der Waals surface area contributed by atoms with Crippen LogP contribution in [-0.4, -0.2) is 36.1 Å². The maximum Gasteiger partial charge on any atom is 0.272 e. The number of hydrogen-bond donors (Lipinski definition) is 1. The first-order chi connectivity index (χ1) is 10.2. The van der Waals surface area contributed by atoms with Crippen LogP contribution in [0.25, 0.3) is 0 Å². The molecule has 1 heterocycles. The van der Waals surface area contributed by atoms with E-state index in [1.165, 1.54) is 5.06 Å². The fourth-order valence-corrected chi connectivity index (χ4v) is 3.44. The molecule has 3 rings (SSSR count). The van der Waals surface area contributed by atoms with Crippen molar-refractivity contribution in [1.29, 1.82) is 0 Å². The third kappa shape index (κ3) is 2.21. The number of hydrogen-bond acceptors (Lipinski definition) is 3. The Labute approximate surface area is 124 Å². The summed E-state index contributed by atoms with van der Waals surface area (Å²) in [5.41, 5.74) is 0.213. The molecule has 1 saturated heterocycles. The van der Waals surface area contributed by atoms with E-state index in [-0.39, 0.29) is 17.7 Å². The van der Waals surface area contributed by atoms with Crippen molar-refractivity contribution < 1.29 is 14.4 Å². The quantitative estimate of drug-likeness (QED) is 0.853. The van der Waals surface area contributed by atoms with E-state index in [4.69, 9.17) is 4.84 Å². The van der Waals surface area contributed by atoms with Gasteiger partial charge in [0.25, 0.3) is 5.91 Å². The van der Waals surface area contributed by atoms with Crippen LogP contribution in [0, 0.1) is 5.92 Å². The standard InChI is InChI=1S/C16H20N2O3/c1-12-14(13-7-3-2-4-8-13)16(12,17-11-19)15(20)18-9-5-6-10-21-18/h2-4,7-8,11-12,14H,5-6,9-10H2,1H3,(H,17,19). The molecular formula is C16H20N2O3. The van der Waals surface area contributed by atoms with Crippen LogP contribution in [-0.2, 0) is 14.4 Å².